The second-order valence-electron chi connectivity index (χ2n) is 2.99. The molecule has 0 radical (unpaired) electrons. The second kappa shape index (κ2) is 2.67. The number of halogens is 2. The second-order valence-corrected chi connectivity index (χ2v) is 4.38. The van der Waals surface area contributed by atoms with Gasteiger partial charge in [-0.2, -0.15) is 0 Å². The molecule has 0 aromatic heterocycles. The van der Waals surface area contributed by atoms with Crippen LogP contribution in [0, 0.1) is 0 Å². The molecule has 54 valence electrons. The van der Waals surface area contributed by atoms with E-state index in [1.54, 1.807) is 0 Å². The van der Waals surface area contributed by atoms with E-state index >= 15 is 0 Å². The van der Waals surface area contributed by atoms with Gasteiger partial charge < -0.3 is 0 Å². The predicted octanol–water partition coefficient (Wildman–Crippen LogP) is 3.17. The van der Waals surface area contributed by atoms with Crippen molar-refractivity contribution in [3.63, 3.8) is 0 Å². The Labute approximate surface area is 66.5 Å². The first-order valence-electron chi connectivity index (χ1n) is 3.46. The molecular formula is C7H12Cl2. The van der Waals surface area contributed by atoms with Crippen LogP contribution in [0.25, 0.3) is 0 Å². The molecule has 0 aromatic rings. The zero-order chi connectivity index (χ0) is 6.91. The number of hydrogen-bond donors (Lipinski definition) is 0. The van der Waals surface area contributed by atoms with Crippen LogP contribution in [0.2, 0.25) is 0 Å². The molecule has 1 aliphatic rings. The zero-order valence-electron chi connectivity index (χ0n) is 5.66. The van der Waals surface area contributed by atoms with Crippen LogP contribution in [0.5, 0.6) is 0 Å². The zero-order valence-corrected chi connectivity index (χ0v) is 7.17. The van der Waals surface area contributed by atoms with E-state index in [9.17, 15) is 0 Å². The SMILES string of the molecule is C[C@@]1(Cl)CCCC[C@H]1Cl. The van der Waals surface area contributed by atoms with Crippen molar-refractivity contribution in [3.8, 4) is 0 Å². The largest absolute Gasteiger partial charge is 0.121 e. The summed E-state index contributed by atoms with van der Waals surface area (Å²) >= 11 is 12.1. The first-order chi connectivity index (χ1) is 4.13. The highest BCUT2D eigenvalue weighted by Crippen LogP contribution is 2.37. The summed E-state index contributed by atoms with van der Waals surface area (Å²) in [5, 5.41) is 0.188. The van der Waals surface area contributed by atoms with Crippen LogP contribution in [0.3, 0.4) is 0 Å². The lowest BCUT2D eigenvalue weighted by Gasteiger charge is -2.31. The lowest BCUT2D eigenvalue weighted by molar-refractivity contribution is 0.421. The van der Waals surface area contributed by atoms with Gasteiger partial charge in [-0.3, -0.25) is 0 Å². The minimum Gasteiger partial charge on any atom is -0.121 e. The summed E-state index contributed by atoms with van der Waals surface area (Å²) in [7, 11) is 0. The highest BCUT2D eigenvalue weighted by molar-refractivity contribution is 6.32. The maximum atomic E-state index is 6.09. The fraction of sp³-hybridized carbons (Fsp3) is 1.00. The molecule has 1 aliphatic carbocycles. The summed E-state index contributed by atoms with van der Waals surface area (Å²) in [5.74, 6) is 0. The minimum absolute atomic E-state index is 0.125. The first kappa shape index (κ1) is 7.68. The number of hydrogen-bond acceptors (Lipinski definition) is 0. The summed E-state index contributed by atoms with van der Waals surface area (Å²) in [5.41, 5.74) is 0. The summed E-state index contributed by atoms with van der Waals surface area (Å²) < 4.78 is 0. The van der Waals surface area contributed by atoms with E-state index in [0.717, 1.165) is 12.8 Å². The molecule has 0 unspecified atom stereocenters. The third kappa shape index (κ3) is 1.75. The predicted molar refractivity (Wildman–Crippen MR) is 42.4 cm³/mol. The van der Waals surface area contributed by atoms with E-state index in [1.165, 1.54) is 12.8 Å². The van der Waals surface area contributed by atoms with Crippen LogP contribution in [0.4, 0.5) is 0 Å². The molecule has 0 aromatic carbocycles. The van der Waals surface area contributed by atoms with Crippen LogP contribution >= 0.6 is 23.2 Å². The molecule has 0 aliphatic heterocycles. The van der Waals surface area contributed by atoms with Crippen molar-refractivity contribution >= 4 is 23.2 Å². The van der Waals surface area contributed by atoms with Crippen molar-refractivity contribution in [1.29, 1.82) is 0 Å². The van der Waals surface area contributed by atoms with E-state index in [-0.39, 0.29) is 10.3 Å². The third-order valence-electron chi connectivity index (χ3n) is 2.03. The Bertz CT molecular complexity index is 99.1. The Morgan fingerprint density at radius 3 is 2.44 bits per heavy atom. The molecule has 0 spiro atoms. The summed E-state index contributed by atoms with van der Waals surface area (Å²) in [6, 6.07) is 0. The van der Waals surface area contributed by atoms with Crippen molar-refractivity contribution in [2.45, 2.75) is 42.9 Å². The van der Waals surface area contributed by atoms with Crippen LogP contribution in [-0.2, 0) is 0 Å². The van der Waals surface area contributed by atoms with Gasteiger partial charge in [-0.1, -0.05) is 12.8 Å². The molecule has 1 rings (SSSR count). The van der Waals surface area contributed by atoms with Crippen LogP contribution in [0.1, 0.15) is 32.6 Å². The Morgan fingerprint density at radius 2 is 2.11 bits per heavy atom. The van der Waals surface area contributed by atoms with Crippen molar-refractivity contribution in [1.82, 2.24) is 0 Å². The quantitative estimate of drug-likeness (QED) is 0.486. The van der Waals surface area contributed by atoms with Gasteiger partial charge in [-0.15, -0.1) is 23.2 Å². The van der Waals surface area contributed by atoms with Crippen LogP contribution < -0.4 is 0 Å². The van der Waals surface area contributed by atoms with Gasteiger partial charge in [0.1, 0.15) is 0 Å². The molecule has 0 heterocycles. The molecule has 9 heavy (non-hydrogen) atoms. The number of alkyl halides is 2. The van der Waals surface area contributed by atoms with Crippen molar-refractivity contribution in [3.05, 3.63) is 0 Å². The van der Waals surface area contributed by atoms with E-state index in [1.807, 2.05) is 6.92 Å². The van der Waals surface area contributed by atoms with E-state index in [0.29, 0.717) is 0 Å². The summed E-state index contributed by atoms with van der Waals surface area (Å²) in [6.07, 6.45) is 4.64. The van der Waals surface area contributed by atoms with Gasteiger partial charge in [0.05, 0.1) is 10.3 Å². The average molecular weight is 167 g/mol. The van der Waals surface area contributed by atoms with Crippen molar-refractivity contribution in [2.75, 3.05) is 0 Å². The van der Waals surface area contributed by atoms with Gasteiger partial charge in [0.2, 0.25) is 0 Å². The Kier molecular flexibility index (Phi) is 2.28. The minimum atomic E-state index is -0.125. The maximum Gasteiger partial charge on any atom is 0.0581 e. The molecule has 1 fully saturated rings. The van der Waals surface area contributed by atoms with Gasteiger partial charge in [0, 0.05) is 0 Å². The molecule has 1 saturated carbocycles. The van der Waals surface area contributed by atoms with Crippen molar-refractivity contribution in [2.24, 2.45) is 0 Å². The fourth-order valence-corrected chi connectivity index (χ4v) is 1.76. The Morgan fingerprint density at radius 1 is 1.44 bits per heavy atom. The first-order valence-corrected chi connectivity index (χ1v) is 4.27. The monoisotopic (exact) mass is 166 g/mol. The molecule has 0 bridgehead atoms. The van der Waals surface area contributed by atoms with Gasteiger partial charge in [-0.25, -0.2) is 0 Å². The molecule has 0 amide bonds. The Balaban J connectivity index is 2.49. The molecule has 0 nitrogen and oxygen atoms in total. The van der Waals surface area contributed by atoms with E-state index in [4.69, 9.17) is 23.2 Å². The topological polar surface area (TPSA) is 0 Å². The summed E-state index contributed by atoms with van der Waals surface area (Å²) in [4.78, 5) is -0.125. The van der Waals surface area contributed by atoms with Gasteiger partial charge >= 0.3 is 0 Å². The van der Waals surface area contributed by atoms with Crippen LogP contribution in [0.15, 0.2) is 0 Å². The fourth-order valence-electron chi connectivity index (χ4n) is 1.25. The molecule has 2 atom stereocenters. The highest BCUT2D eigenvalue weighted by Gasteiger charge is 2.32. The molecule has 0 N–H and O–H groups in total. The third-order valence-corrected chi connectivity index (χ3v) is 3.29. The summed E-state index contributed by atoms with van der Waals surface area (Å²) in [6.45, 7) is 2.03. The average Bonchev–Trinajstić information content (AvgIpc) is 1.77. The van der Waals surface area contributed by atoms with E-state index < -0.39 is 0 Å². The van der Waals surface area contributed by atoms with E-state index in [2.05, 4.69) is 0 Å². The maximum absolute atomic E-state index is 6.09. The molecule has 0 saturated heterocycles. The van der Waals surface area contributed by atoms with Crippen molar-refractivity contribution < 1.29 is 0 Å². The standard InChI is InChI=1S/C7H12Cl2/c1-7(9)5-3-2-4-6(7)8/h6H,2-5H2,1H3/t6-,7-/m1/s1. The molecule has 2 heteroatoms. The number of rotatable bonds is 0. The van der Waals surface area contributed by atoms with Gasteiger partial charge in [0.25, 0.3) is 0 Å². The Hall–Kier alpha value is 0.580. The molecular weight excluding hydrogens is 155 g/mol. The normalized spacial score (nSPS) is 45.0. The lowest BCUT2D eigenvalue weighted by atomic mass is 9.89. The van der Waals surface area contributed by atoms with Gasteiger partial charge in [-0.05, 0) is 19.8 Å². The lowest BCUT2D eigenvalue weighted by Crippen LogP contribution is -2.32. The van der Waals surface area contributed by atoms with Gasteiger partial charge in [0.15, 0.2) is 0 Å². The highest BCUT2D eigenvalue weighted by atomic mass is 35.5. The smallest absolute Gasteiger partial charge is 0.0581 e. The van der Waals surface area contributed by atoms with Crippen LogP contribution in [-0.4, -0.2) is 10.3 Å².